The number of nitrogens with two attached hydrogens (primary N) is 1. The highest BCUT2D eigenvalue weighted by molar-refractivity contribution is 9.11. The molecule has 2 N–H and O–H groups in total. The largest absolute Gasteiger partial charge is 0.323 e. The average Bonchev–Trinajstić information content (AvgIpc) is 2.58. The maximum absolute atomic E-state index is 6.38. The lowest BCUT2D eigenvalue weighted by atomic mass is 9.90. The van der Waals surface area contributed by atoms with Crippen LogP contribution in [0.25, 0.3) is 0 Å². The van der Waals surface area contributed by atoms with Crippen molar-refractivity contribution in [1.82, 2.24) is 0 Å². The van der Waals surface area contributed by atoms with Crippen molar-refractivity contribution in [3.63, 3.8) is 0 Å². The van der Waals surface area contributed by atoms with Gasteiger partial charge in [0.1, 0.15) is 0 Å². The van der Waals surface area contributed by atoms with Crippen LogP contribution in [0.4, 0.5) is 0 Å². The van der Waals surface area contributed by atoms with Crippen LogP contribution in [-0.2, 0) is 0 Å². The highest BCUT2D eigenvalue weighted by Crippen LogP contribution is 2.35. The van der Waals surface area contributed by atoms with Crippen molar-refractivity contribution in [3.8, 4) is 0 Å². The minimum Gasteiger partial charge on any atom is -0.323 e. The number of halogens is 1. The van der Waals surface area contributed by atoms with Crippen LogP contribution in [0.15, 0.2) is 9.85 Å². The molecule has 0 amide bonds. The van der Waals surface area contributed by atoms with Gasteiger partial charge in [-0.2, -0.15) is 0 Å². The van der Waals surface area contributed by atoms with E-state index in [0.29, 0.717) is 5.92 Å². The van der Waals surface area contributed by atoms with Crippen molar-refractivity contribution >= 4 is 27.3 Å². The Morgan fingerprint density at radius 1 is 1.31 bits per heavy atom. The second-order valence-corrected chi connectivity index (χ2v) is 6.87. The van der Waals surface area contributed by atoms with Crippen LogP contribution in [-0.4, -0.2) is 0 Å². The van der Waals surface area contributed by atoms with Crippen molar-refractivity contribution in [3.05, 3.63) is 20.3 Å². The van der Waals surface area contributed by atoms with Gasteiger partial charge in [-0.1, -0.05) is 26.7 Å². The van der Waals surface area contributed by atoms with Crippen LogP contribution < -0.4 is 5.73 Å². The number of thiophene rings is 1. The van der Waals surface area contributed by atoms with Gasteiger partial charge in [-0.3, -0.25) is 0 Å². The molecule has 1 aromatic rings. The van der Waals surface area contributed by atoms with Crippen LogP contribution in [0.5, 0.6) is 0 Å². The van der Waals surface area contributed by atoms with Crippen LogP contribution >= 0.6 is 27.3 Å². The Kier molecular flexibility index (Phi) is 6.01. The zero-order valence-electron chi connectivity index (χ0n) is 10.4. The standard InChI is InChI=1S/C13H22BrNS/c1-4-6-10(7-5-2)12(15)11-8-9(3)13(14)16-11/h8,10,12H,4-7,15H2,1-3H3. The third-order valence-corrected chi connectivity index (χ3v) is 5.27. The Bertz CT molecular complexity index is 296. The quantitative estimate of drug-likeness (QED) is 0.783. The molecule has 0 bridgehead atoms. The predicted octanol–water partition coefficient (Wildman–Crippen LogP) is 5.04. The Labute approximate surface area is 112 Å². The van der Waals surface area contributed by atoms with Gasteiger partial charge in [0.25, 0.3) is 0 Å². The molecule has 0 aliphatic heterocycles. The van der Waals surface area contributed by atoms with Crippen LogP contribution in [0.1, 0.15) is 56.0 Å². The molecule has 16 heavy (non-hydrogen) atoms. The van der Waals surface area contributed by atoms with Crippen molar-refractivity contribution in [2.24, 2.45) is 11.7 Å². The summed E-state index contributed by atoms with van der Waals surface area (Å²) in [5, 5.41) is 0. The fourth-order valence-corrected chi connectivity index (χ4v) is 3.79. The molecular formula is C13H22BrNS. The second kappa shape index (κ2) is 6.77. The minimum atomic E-state index is 0.217. The molecule has 3 heteroatoms. The normalized spacial score (nSPS) is 13.4. The van der Waals surface area contributed by atoms with Gasteiger partial charge in [0.2, 0.25) is 0 Å². The van der Waals surface area contributed by atoms with Crippen molar-refractivity contribution in [2.45, 2.75) is 52.5 Å². The second-order valence-electron chi connectivity index (χ2n) is 4.47. The van der Waals surface area contributed by atoms with Crippen LogP contribution in [0.3, 0.4) is 0 Å². The Hall–Kier alpha value is 0.140. The molecule has 0 fully saturated rings. The average molecular weight is 304 g/mol. The summed E-state index contributed by atoms with van der Waals surface area (Å²) < 4.78 is 1.23. The molecule has 0 aromatic carbocycles. The molecule has 0 saturated heterocycles. The summed E-state index contributed by atoms with van der Waals surface area (Å²) in [6, 6.07) is 2.45. The smallest absolute Gasteiger partial charge is 0.0731 e. The lowest BCUT2D eigenvalue weighted by Crippen LogP contribution is -2.20. The molecule has 1 aromatic heterocycles. The summed E-state index contributed by atoms with van der Waals surface area (Å²) in [6.45, 7) is 6.61. The third kappa shape index (κ3) is 3.57. The zero-order chi connectivity index (χ0) is 12.1. The Morgan fingerprint density at radius 3 is 2.25 bits per heavy atom. The monoisotopic (exact) mass is 303 g/mol. The van der Waals surface area contributed by atoms with Gasteiger partial charge in [-0.25, -0.2) is 0 Å². The number of rotatable bonds is 6. The Balaban J connectivity index is 2.76. The molecule has 0 spiro atoms. The molecular weight excluding hydrogens is 282 g/mol. The van der Waals surface area contributed by atoms with Gasteiger partial charge >= 0.3 is 0 Å². The van der Waals surface area contributed by atoms with E-state index in [1.807, 2.05) is 0 Å². The minimum absolute atomic E-state index is 0.217. The molecule has 1 atom stereocenters. The van der Waals surface area contributed by atoms with E-state index in [4.69, 9.17) is 5.73 Å². The molecule has 1 nitrogen and oxygen atoms in total. The predicted molar refractivity (Wildman–Crippen MR) is 77.0 cm³/mol. The number of hydrogen-bond donors (Lipinski definition) is 1. The first-order chi connectivity index (χ1) is 7.60. The first kappa shape index (κ1) is 14.2. The molecule has 0 saturated carbocycles. The van der Waals surface area contributed by atoms with E-state index in [1.54, 1.807) is 11.3 Å². The third-order valence-electron chi connectivity index (χ3n) is 3.03. The molecule has 1 rings (SSSR count). The van der Waals surface area contributed by atoms with Crippen LogP contribution in [0.2, 0.25) is 0 Å². The lowest BCUT2D eigenvalue weighted by molar-refractivity contribution is 0.372. The first-order valence-electron chi connectivity index (χ1n) is 6.11. The summed E-state index contributed by atoms with van der Waals surface area (Å²) >= 11 is 5.37. The topological polar surface area (TPSA) is 26.0 Å². The summed E-state index contributed by atoms with van der Waals surface area (Å²) in [5.41, 5.74) is 7.69. The van der Waals surface area contributed by atoms with E-state index in [2.05, 4.69) is 42.8 Å². The van der Waals surface area contributed by atoms with Crippen molar-refractivity contribution < 1.29 is 0 Å². The lowest BCUT2D eigenvalue weighted by Gasteiger charge is -2.22. The van der Waals surface area contributed by atoms with Gasteiger partial charge in [-0.05, 0) is 53.2 Å². The number of hydrogen-bond acceptors (Lipinski definition) is 2. The van der Waals surface area contributed by atoms with Gasteiger partial charge < -0.3 is 5.73 Å². The molecule has 0 aliphatic rings. The van der Waals surface area contributed by atoms with E-state index < -0.39 is 0 Å². The van der Waals surface area contributed by atoms with E-state index >= 15 is 0 Å². The van der Waals surface area contributed by atoms with Gasteiger partial charge in [0.05, 0.1) is 3.79 Å². The van der Waals surface area contributed by atoms with E-state index in [-0.39, 0.29) is 6.04 Å². The zero-order valence-corrected chi connectivity index (χ0v) is 12.8. The van der Waals surface area contributed by atoms with Crippen molar-refractivity contribution in [1.29, 1.82) is 0 Å². The number of aryl methyl sites for hydroxylation is 1. The SMILES string of the molecule is CCCC(CCC)C(N)c1cc(C)c(Br)s1. The summed E-state index contributed by atoms with van der Waals surface area (Å²) in [4.78, 5) is 1.33. The highest BCUT2D eigenvalue weighted by Gasteiger charge is 2.20. The Morgan fingerprint density at radius 2 is 1.88 bits per heavy atom. The van der Waals surface area contributed by atoms with Gasteiger partial charge in [0, 0.05) is 10.9 Å². The molecule has 0 aliphatic carbocycles. The first-order valence-corrected chi connectivity index (χ1v) is 7.72. The molecule has 0 radical (unpaired) electrons. The van der Waals surface area contributed by atoms with Crippen LogP contribution in [0, 0.1) is 12.8 Å². The summed E-state index contributed by atoms with van der Waals surface area (Å²) in [7, 11) is 0. The van der Waals surface area contributed by atoms with E-state index in [9.17, 15) is 0 Å². The highest BCUT2D eigenvalue weighted by atomic mass is 79.9. The maximum atomic E-state index is 6.38. The van der Waals surface area contributed by atoms with E-state index in [1.165, 1.54) is 39.9 Å². The van der Waals surface area contributed by atoms with E-state index in [0.717, 1.165) is 0 Å². The molecule has 92 valence electrons. The maximum Gasteiger partial charge on any atom is 0.0731 e. The summed E-state index contributed by atoms with van der Waals surface area (Å²) in [5.74, 6) is 0.639. The summed E-state index contributed by atoms with van der Waals surface area (Å²) in [6.07, 6.45) is 4.93. The fraction of sp³-hybridized carbons (Fsp3) is 0.692. The molecule has 1 unspecified atom stereocenters. The van der Waals surface area contributed by atoms with Gasteiger partial charge in [0.15, 0.2) is 0 Å². The fourth-order valence-electron chi connectivity index (χ4n) is 2.13. The van der Waals surface area contributed by atoms with Crippen molar-refractivity contribution in [2.75, 3.05) is 0 Å². The molecule has 1 heterocycles. The van der Waals surface area contributed by atoms with Gasteiger partial charge in [-0.15, -0.1) is 11.3 Å².